The van der Waals surface area contributed by atoms with Crippen LogP contribution >= 0.6 is 0 Å². The van der Waals surface area contributed by atoms with Crippen LogP contribution in [0.25, 0.3) is 0 Å². The Balaban J connectivity index is 1.31. The van der Waals surface area contributed by atoms with Gasteiger partial charge in [0.2, 0.25) is 11.8 Å². The van der Waals surface area contributed by atoms with Crippen molar-refractivity contribution in [1.29, 1.82) is 0 Å². The second-order valence-corrected chi connectivity index (χ2v) is 8.12. The molecule has 3 aromatic carbocycles. The van der Waals surface area contributed by atoms with Crippen LogP contribution in [0.15, 0.2) is 78.9 Å². The summed E-state index contributed by atoms with van der Waals surface area (Å²) in [4.78, 5) is 51.2. The highest BCUT2D eigenvalue weighted by Gasteiger charge is 2.35. The van der Waals surface area contributed by atoms with Gasteiger partial charge in [-0.2, -0.15) is 0 Å². The van der Waals surface area contributed by atoms with Crippen LogP contribution in [-0.4, -0.2) is 36.7 Å². The first-order valence-corrected chi connectivity index (χ1v) is 10.9. The average molecular weight is 456 g/mol. The van der Waals surface area contributed by atoms with Crippen molar-refractivity contribution < 1.29 is 23.9 Å². The lowest BCUT2D eigenvalue weighted by Crippen LogP contribution is -2.28. The number of benzene rings is 3. The highest BCUT2D eigenvalue weighted by molar-refractivity contribution is 6.04. The topological polar surface area (TPSA) is 92.8 Å². The Hall–Kier alpha value is -4.26. The van der Waals surface area contributed by atoms with E-state index in [0.29, 0.717) is 17.8 Å². The van der Waals surface area contributed by atoms with E-state index in [9.17, 15) is 19.2 Å². The number of rotatable bonds is 7. The van der Waals surface area contributed by atoms with Crippen LogP contribution in [0.5, 0.6) is 0 Å². The number of anilines is 2. The van der Waals surface area contributed by atoms with Crippen molar-refractivity contribution in [2.45, 2.75) is 13.3 Å². The van der Waals surface area contributed by atoms with Crippen molar-refractivity contribution in [1.82, 2.24) is 0 Å². The van der Waals surface area contributed by atoms with Crippen LogP contribution < -0.4 is 10.2 Å². The minimum absolute atomic E-state index is 0.0856. The minimum Gasteiger partial charge on any atom is -0.454 e. The number of amides is 2. The first kappa shape index (κ1) is 22.9. The molecular formula is C27H24N2O5. The summed E-state index contributed by atoms with van der Waals surface area (Å²) in [6, 6.07) is 22.4. The van der Waals surface area contributed by atoms with Crippen LogP contribution in [0.2, 0.25) is 0 Å². The van der Waals surface area contributed by atoms with Gasteiger partial charge < -0.3 is 15.0 Å². The van der Waals surface area contributed by atoms with Gasteiger partial charge in [0, 0.05) is 29.9 Å². The molecule has 0 saturated carbocycles. The lowest BCUT2D eigenvalue weighted by molar-refractivity contribution is -0.122. The van der Waals surface area contributed by atoms with Gasteiger partial charge in [0.25, 0.3) is 0 Å². The first-order chi connectivity index (χ1) is 16.4. The van der Waals surface area contributed by atoms with Gasteiger partial charge in [-0.25, -0.2) is 4.79 Å². The summed E-state index contributed by atoms with van der Waals surface area (Å²) in [6.07, 6.45) is 0.139. The average Bonchev–Trinajstić information content (AvgIpc) is 3.25. The number of nitrogens with zero attached hydrogens (tertiary/aromatic N) is 1. The molecule has 7 heteroatoms. The molecule has 1 N–H and O–H groups in total. The first-order valence-electron chi connectivity index (χ1n) is 10.9. The standard InChI is InChI=1S/C27H24N2O5/c1-18-7-5-6-10-23(18)29-16-21(15-25(29)31)26(32)28-22-13-11-20(12-14-22)27(33)34-17-24(30)19-8-3-2-4-9-19/h2-14,21H,15-17H2,1H3,(H,28,32)/t21-/m0/s1. The smallest absolute Gasteiger partial charge is 0.338 e. The summed E-state index contributed by atoms with van der Waals surface area (Å²) in [5, 5.41) is 2.80. The molecule has 0 radical (unpaired) electrons. The van der Waals surface area contributed by atoms with Crippen molar-refractivity contribution in [3.63, 3.8) is 0 Å². The van der Waals surface area contributed by atoms with Crippen molar-refractivity contribution >= 4 is 34.9 Å². The Morgan fingerprint density at radius 3 is 2.29 bits per heavy atom. The number of aryl methyl sites for hydroxylation is 1. The largest absolute Gasteiger partial charge is 0.454 e. The molecular weight excluding hydrogens is 432 g/mol. The molecule has 1 heterocycles. The molecule has 2 amide bonds. The van der Waals surface area contributed by atoms with Crippen molar-refractivity contribution in [3.05, 3.63) is 95.6 Å². The predicted molar refractivity (Wildman–Crippen MR) is 128 cm³/mol. The summed E-state index contributed by atoms with van der Waals surface area (Å²) >= 11 is 0. The molecule has 3 aromatic rings. The van der Waals surface area contributed by atoms with Gasteiger partial charge in [0.1, 0.15) is 0 Å². The van der Waals surface area contributed by atoms with Gasteiger partial charge in [0.05, 0.1) is 11.5 Å². The van der Waals surface area contributed by atoms with Gasteiger partial charge in [-0.3, -0.25) is 14.4 Å². The molecule has 0 unspecified atom stereocenters. The highest BCUT2D eigenvalue weighted by Crippen LogP contribution is 2.28. The lowest BCUT2D eigenvalue weighted by Gasteiger charge is -2.19. The number of Topliss-reactive ketones (excluding diaryl/α,β-unsaturated/α-hetero) is 1. The maximum absolute atomic E-state index is 12.7. The van der Waals surface area contributed by atoms with Gasteiger partial charge in [-0.05, 0) is 42.8 Å². The number of ether oxygens (including phenoxy) is 1. The SMILES string of the molecule is Cc1ccccc1N1C[C@@H](C(=O)Nc2ccc(C(=O)OCC(=O)c3ccccc3)cc2)CC1=O. The Kier molecular flexibility index (Phi) is 6.82. The Morgan fingerprint density at radius 2 is 1.59 bits per heavy atom. The van der Waals surface area contributed by atoms with Crippen molar-refractivity contribution in [2.24, 2.45) is 5.92 Å². The fourth-order valence-corrected chi connectivity index (χ4v) is 3.84. The number of para-hydroxylation sites is 1. The molecule has 1 aliphatic heterocycles. The Labute approximate surface area is 197 Å². The Morgan fingerprint density at radius 1 is 0.912 bits per heavy atom. The molecule has 34 heavy (non-hydrogen) atoms. The van der Waals surface area contributed by atoms with Gasteiger partial charge in [0.15, 0.2) is 12.4 Å². The zero-order valence-electron chi connectivity index (χ0n) is 18.7. The number of esters is 1. The van der Waals surface area contributed by atoms with E-state index in [2.05, 4.69) is 5.32 Å². The van der Waals surface area contributed by atoms with Crippen LogP contribution in [0.1, 0.15) is 32.7 Å². The van der Waals surface area contributed by atoms with E-state index in [-0.39, 0.29) is 36.2 Å². The van der Waals surface area contributed by atoms with Gasteiger partial charge in [-0.15, -0.1) is 0 Å². The highest BCUT2D eigenvalue weighted by atomic mass is 16.5. The monoisotopic (exact) mass is 456 g/mol. The third-order valence-corrected chi connectivity index (χ3v) is 5.72. The third kappa shape index (κ3) is 5.20. The lowest BCUT2D eigenvalue weighted by atomic mass is 10.1. The number of ketones is 1. The third-order valence-electron chi connectivity index (χ3n) is 5.72. The number of nitrogens with one attached hydrogen (secondary N) is 1. The number of carbonyl (C=O) groups is 4. The zero-order chi connectivity index (χ0) is 24.1. The fourth-order valence-electron chi connectivity index (χ4n) is 3.84. The second kappa shape index (κ2) is 10.1. The predicted octanol–water partition coefficient (Wildman–Crippen LogP) is 4.03. The zero-order valence-corrected chi connectivity index (χ0v) is 18.7. The molecule has 0 bridgehead atoms. The van der Waals surface area contributed by atoms with Gasteiger partial charge in [-0.1, -0.05) is 48.5 Å². The number of hydrogen-bond donors (Lipinski definition) is 1. The normalized spacial score (nSPS) is 15.1. The van der Waals surface area contributed by atoms with E-state index in [0.717, 1.165) is 11.3 Å². The molecule has 7 nitrogen and oxygen atoms in total. The van der Waals surface area contributed by atoms with E-state index in [1.807, 2.05) is 31.2 Å². The molecule has 1 saturated heterocycles. The van der Waals surface area contributed by atoms with E-state index in [1.54, 1.807) is 47.4 Å². The molecule has 0 aliphatic carbocycles. The summed E-state index contributed by atoms with van der Waals surface area (Å²) in [5.74, 6) is -1.73. The molecule has 1 atom stereocenters. The molecule has 0 spiro atoms. The second-order valence-electron chi connectivity index (χ2n) is 8.12. The number of carbonyl (C=O) groups excluding carboxylic acids is 4. The molecule has 1 aliphatic rings. The fraction of sp³-hybridized carbons (Fsp3) is 0.185. The van der Waals surface area contributed by atoms with E-state index in [1.165, 1.54) is 12.1 Å². The van der Waals surface area contributed by atoms with Crippen LogP contribution in [-0.2, 0) is 14.3 Å². The van der Waals surface area contributed by atoms with Crippen LogP contribution in [0.4, 0.5) is 11.4 Å². The maximum atomic E-state index is 12.7. The van der Waals surface area contributed by atoms with E-state index >= 15 is 0 Å². The molecule has 1 fully saturated rings. The minimum atomic E-state index is -0.627. The summed E-state index contributed by atoms with van der Waals surface area (Å²) in [7, 11) is 0. The summed E-state index contributed by atoms with van der Waals surface area (Å²) in [6.45, 7) is 1.89. The Bertz CT molecular complexity index is 1220. The quantitative estimate of drug-likeness (QED) is 0.428. The molecule has 0 aromatic heterocycles. The van der Waals surface area contributed by atoms with Crippen molar-refractivity contribution in [3.8, 4) is 0 Å². The molecule has 4 rings (SSSR count). The van der Waals surface area contributed by atoms with Crippen LogP contribution in [0.3, 0.4) is 0 Å². The van der Waals surface area contributed by atoms with Crippen LogP contribution in [0, 0.1) is 12.8 Å². The van der Waals surface area contributed by atoms with E-state index < -0.39 is 11.9 Å². The number of hydrogen-bond acceptors (Lipinski definition) is 5. The maximum Gasteiger partial charge on any atom is 0.338 e. The van der Waals surface area contributed by atoms with Crippen molar-refractivity contribution in [2.75, 3.05) is 23.4 Å². The molecule has 172 valence electrons. The summed E-state index contributed by atoms with van der Waals surface area (Å²) in [5.41, 5.74) is 3.03. The summed E-state index contributed by atoms with van der Waals surface area (Å²) < 4.78 is 5.10. The van der Waals surface area contributed by atoms with E-state index in [4.69, 9.17) is 4.74 Å². The van der Waals surface area contributed by atoms with Gasteiger partial charge >= 0.3 is 5.97 Å².